The standard InChI is InChI=1S/C18H16O5/c1-3-10-22-14-7-4-13(5-8-14)6-9-15(19)17-16(20)11-12(2)23-18(17)21/h3-9,11,17H,1,10H2,2H3/b9-6+. The third kappa shape index (κ3) is 4.26. The molecule has 0 amide bonds. The molecule has 1 aromatic carbocycles. The molecular formula is C18H16O5. The highest BCUT2D eigenvalue weighted by molar-refractivity contribution is 6.25. The van der Waals surface area contributed by atoms with E-state index in [0.717, 1.165) is 11.6 Å². The van der Waals surface area contributed by atoms with E-state index in [1.54, 1.807) is 30.3 Å². The molecule has 0 aliphatic carbocycles. The molecule has 1 unspecified atom stereocenters. The van der Waals surface area contributed by atoms with Crippen molar-refractivity contribution in [2.75, 3.05) is 6.61 Å². The number of ketones is 2. The number of hydrogen-bond donors (Lipinski definition) is 0. The van der Waals surface area contributed by atoms with Gasteiger partial charge in [0.25, 0.3) is 0 Å². The number of esters is 1. The lowest BCUT2D eigenvalue weighted by Gasteiger charge is -2.15. The molecule has 5 nitrogen and oxygen atoms in total. The van der Waals surface area contributed by atoms with Crippen molar-refractivity contribution in [3.05, 3.63) is 60.4 Å². The van der Waals surface area contributed by atoms with Gasteiger partial charge in [-0.25, -0.2) is 0 Å². The topological polar surface area (TPSA) is 69.7 Å². The lowest BCUT2D eigenvalue weighted by Crippen LogP contribution is -2.34. The smallest absolute Gasteiger partial charge is 0.329 e. The molecule has 0 fully saturated rings. The van der Waals surface area contributed by atoms with Crippen molar-refractivity contribution in [1.29, 1.82) is 0 Å². The molecule has 1 atom stereocenters. The van der Waals surface area contributed by atoms with Crippen molar-refractivity contribution in [2.24, 2.45) is 5.92 Å². The minimum atomic E-state index is -1.41. The largest absolute Gasteiger partial charge is 0.490 e. The van der Waals surface area contributed by atoms with E-state index in [2.05, 4.69) is 6.58 Å². The fourth-order valence-electron chi connectivity index (χ4n) is 2.01. The molecule has 0 bridgehead atoms. The van der Waals surface area contributed by atoms with Crippen molar-refractivity contribution < 1.29 is 23.9 Å². The van der Waals surface area contributed by atoms with E-state index in [4.69, 9.17) is 9.47 Å². The van der Waals surface area contributed by atoms with Gasteiger partial charge in [0.05, 0.1) is 0 Å². The fraction of sp³-hybridized carbons (Fsp3) is 0.167. The van der Waals surface area contributed by atoms with Gasteiger partial charge in [-0.1, -0.05) is 30.9 Å². The van der Waals surface area contributed by atoms with E-state index in [1.807, 2.05) is 0 Å². The van der Waals surface area contributed by atoms with Crippen LogP contribution in [-0.2, 0) is 19.1 Å². The van der Waals surface area contributed by atoms with Crippen LogP contribution in [0.15, 0.2) is 54.8 Å². The maximum absolute atomic E-state index is 12.0. The Morgan fingerprint density at radius 2 is 2.00 bits per heavy atom. The Kier molecular flexibility index (Phi) is 5.25. The number of carbonyl (C=O) groups is 3. The molecule has 0 aromatic heterocycles. The molecule has 1 aliphatic rings. The molecule has 1 aromatic rings. The van der Waals surface area contributed by atoms with E-state index in [0.29, 0.717) is 12.4 Å². The Labute approximate surface area is 133 Å². The van der Waals surface area contributed by atoms with Crippen LogP contribution in [0.4, 0.5) is 0 Å². The van der Waals surface area contributed by atoms with Gasteiger partial charge in [0.15, 0.2) is 17.5 Å². The zero-order valence-corrected chi connectivity index (χ0v) is 12.7. The van der Waals surface area contributed by atoms with Gasteiger partial charge in [-0.3, -0.25) is 14.4 Å². The molecule has 1 heterocycles. The summed E-state index contributed by atoms with van der Waals surface area (Å²) in [4.78, 5) is 35.4. The lowest BCUT2D eigenvalue weighted by atomic mass is 9.96. The van der Waals surface area contributed by atoms with E-state index in [-0.39, 0.29) is 5.76 Å². The molecule has 118 valence electrons. The van der Waals surface area contributed by atoms with Crippen molar-refractivity contribution in [3.63, 3.8) is 0 Å². The maximum Gasteiger partial charge on any atom is 0.329 e. The average molecular weight is 312 g/mol. The third-order valence-corrected chi connectivity index (χ3v) is 3.10. The second-order valence-electron chi connectivity index (χ2n) is 4.92. The number of benzene rings is 1. The molecular weight excluding hydrogens is 296 g/mol. The van der Waals surface area contributed by atoms with Crippen molar-refractivity contribution >= 4 is 23.6 Å². The monoisotopic (exact) mass is 312 g/mol. The number of rotatable bonds is 6. The summed E-state index contributed by atoms with van der Waals surface area (Å²) < 4.78 is 10.2. The molecule has 0 saturated carbocycles. The molecule has 0 N–H and O–H groups in total. The second-order valence-corrected chi connectivity index (χ2v) is 4.92. The summed E-state index contributed by atoms with van der Waals surface area (Å²) in [7, 11) is 0. The van der Waals surface area contributed by atoms with Crippen molar-refractivity contribution in [2.45, 2.75) is 6.92 Å². The minimum absolute atomic E-state index is 0.197. The van der Waals surface area contributed by atoms with Crippen LogP contribution in [0.3, 0.4) is 0 Å². The van der Waals surface area contributed by atoms with Crippen LogP contribution in [0.25, 0.3) is 6.08 Å². The first-order chi connectivity index (χ1) is 11.0. The summed E-state index contributed by atoms with van der Waals surface area (Å²) in [6.07, 6.45) is 5.54. The minimum Gasteiger partial charge on any atom is -0.490 e. The van der Waals surface area contributed by atoms with E-state index in [1.165, 1.54) is 19.1 Å². The fourth-order valence-corrected chi connectivity index (χ4v) is 2.01. The van der Waals surface area contributed by atoms with E-state index in [9.17, 15) is 14.4 Å². The summed E-state index contributed by atoms with van der Waals surface area (Å²) in [6, 6.07) is 7.01. The average Bonchev–Trinajstić information content (AvgIpc) is 2.51. The summed E-state index contributed by atoms with van der Waals surface area (Å²) in [5.41, 5.74) is 0.743. The van der Waals surface area contributed by atoms with Gasteiger partial charge >= 0.3 is 5.97 Å². The lowest BCUT2D eigenvalue weighted by molar-refractivity contribution is -0.151. The first-order valence-electron chi connectivity index (χ1n) is 7.01. The second kappa shape index (κ2) is 7.35. The van der Waals surface area contributed by atoms with Crippen LogP contribution >= 0.6 is 0 Å². The third-order valence-electron chi connectivity index (χ3n) is 3.10. The molecule has 2 rings (SSSR count). The summed E-state index contributed by atoms with van der Waals surface area (Å²) in [6.45, 7) is 5.46. The highest BCUT2D eigenvalue weighted by Crippen LogP contribution is 2.17. The number of carbonyl (C=O) groups excluding carboxylic acids is 3. The molecule has 5 heteroatoms. The van der Waals surface area contributed by atoms with Crippen molar-refractivity contribution in [1.82, 2.24) is 0 Å². The molecule has 23 heavy (non-hydrogen) atoms. The highest BCUT2D eigenvalue weighted by atomic mass is 16.5. The number of hydrogen-bond acceptors (Lipinski definition) is 5. The van der Waals surface area contributed by atoms with Gasteiger partial charge in [-0.2, -0.15) is 0 Å². The Hall–Kier alpha value is -2.95. The first kappa shape index (κ1) is 16.4. The van der Waals surface area contributed by atoms with Gasteiger partial charge in [-0.15, -0.1) is 0 Å². The first-order valence-corrected chi connectivity index (χ1v) is 7.01. The normalized spacial score (nSPS) is 17.6. The van der Waals surface area contributed by atoms with Crippen LogP contribution in [0, 0.1) is 5.92 Å². The van der Waals surface area contributed by atoms with Gasteiger partial charge in [0.1, 0.15) is 18.1 Å². The van der Waals surface area contributed by atoms with E-state index < -0.39 is 23.5 Å². The summed E-state index contributed by atoms with van der Waals surface area (Å²) in [5, 5.41) is 0. The predicted octanol–water partition coefficient (Wildman–Crippen LogP) is 2.48. The molecule has 0 radical (unpaired) electrons. The SMILES string of the molecule is C=CCOc1ccc(/C=C/C(=O)C2C(=O)C=C(C)OC2=O)cc1. The van der Waals surface area contributed by atoms with Crippen LogP contribution in [-0.4, -0.2) is 24.1 Å². The van der Waals surface area contributed by atoms with Crippen LogP contribution in [0.2, 0.25) is 0 Å². The van der Waals surface area contributed by atoms with Crippen LogP contribution in [0.1, 0.15) is 12.5 Å². The highest BCUT2D eigenvalue weighted by Gasteiger charge is 2.36. The van der Waals surface area contributed by atoms with Gasteiger partial charge < -0.3 is 9.47 Å². The van der Waals surface area contributed by atoms with Gasteiger partial charge in [0, 0.05) is 6.08 Å². The maximum atomic E-state index is 12.0. The van der Waals surface area contributed by atoms with Crippen LogP contribution < -0.4 is 4.74 Å². The van der Waals surface area contributed by atoms with Gasteiger partial charge in [-0.05, 0) is 30.7 Å². The zero-order valence-electron chi connectivity index (χ0n) is 12.7. The predicted molar refractivity (Wildman–Crippen MR) is 84.5 cm³/mol. The quantitative estimate of drug-likeness (QED) is 0.349. The zero-order chi connectivity index (χ0) is 16.8. The van der Waals surface area contributed by atoms with Crippen LogP contribution in [0.5, 0.6) is 5.75 Å². The number of ether oxygens (including phenoxy) is 2. The van der Waals surface area contributed by atoms with E-state index >= 15 is 0 Å². The Morgan fingerprint density at radius 3 is 2.61 bits per heavy atom. The number of allylic oxidation sites excluding steroid dienone is 3. The summed E-state index contributed by atoms with van der Waals surface area (Å²) >= 11 is 0. The Balaban J connectivity index is 2.05. The Morgan fingerprint density at radius 1 is 1.30 bits per heavy atom. The molecule has 1 aliphatic heterocycles. The Bertz CT molecular complexity index is 695. The number of cyclic esters (lactones) is 1. The van der Waals surface area contributed by atoms with Gasteiger partial charge in [0.2, 0.25) is 0 Å². The summed E-state index contributed by atoms with van der Waals surface area (Å²) in [5.74, 6) is -2.52. The van der Waals surface area contributed by atoms with Crippen molar-refractivity contribution in [3.8, 4) is 5.75 Å². The molecule has 0 saturated heterocycles. The molecule has 0 spiro atoms.